The number of aldehydes is 1. The van der Waals surface area contributed by atoms with Gasteiger partial charge in [0.25, 0.3) is 5.35 Å². The Bertz CT molecular complexity index is 247. The van der Waals surface area contributed by atoms with Gasteiger partial charge in [-0.1, -0.05) is 0 Å². The van der Waals surface area contributed by atoms with Crippen molar-refractivity contribution in [2.75, 3.05) is 14.2 Å². The number of methoxy groups -OCH3 is 1. The van der Waals surface area contributed by atoms with Gasteiger partial charge in [0.2, 0.25) is 0 Å². The van der Waals surface area contributed by atoms with Crippen molar-refractivity contribution in [2.24, 2.45) is 0 Å². The molecule has 1 heterocycles. The van der Waals surface area contributed by atoms with E-state index in [4.69, 9.17) is 11.6 Å². The number of hydrogen-bond acceptors (Lipinski definition) is 4. The van der Waals surface area contributed by atoms with Crippen molar-refractivity contribution in [3.8, 4) is 0 Å². The van der Waals surface area contributed by atoms with Crippen molar-refractivity contribution >= 4 is 17.9 Å². The number of oxazole rings is 1. The van der Waals surface area contributed by atoms with Crippen LogP contribution in [0.1, 0.15) is 16.2 Å². The summed E-state index contributed by atoms with van der Waals surface area (Å²) in [6.45, 7) is 1.65. The molecule has 0 atom stereocenters. The molecule has 0 radical (unpaired) electrons. The highest BCUT2D eigenvalue weighted by atomic mass is 35.5. The van der Waals surface area contributed by atoms with Gasteiger partial charge in [0.1, 0.15) is 0 Å². The first-order chi connectivity index (χ1) is 5.65. The van der Waals surface area contributed by atoms with Gasteiger partial charge in [0, 0.05) is 14.2 Å². The monoisotopic (exact) mass is 191 g/mol. The first-order valence-electron chi connectivity index (χ1n) is 3.14. The summed E-state index contributed by atoms with van der Waals surface area (Å²) >= 11 is 5.31. The van der Waals surface area contributed by atoms with E-state index in [1.807, 2.05) is 0 Å². The molecule has 0 saturated heterocycles. The smallest absolute Gasteiger partial charge is 0.292 e. The van der Waals surface area contributed by atoms with Gasteiger partial charge in [-0.15, -0.1) is 0 Å². The minimum atomic E-state index is 0.00889. The molecule has 68 valence electrons. The molecular weight excluding hydrogens is 182 g/mol. The van der Waals surface area contributed by atoms with E-state index in [0.717, 1.165) is 0 Å². The number of ether oxygens (including phenoxy) is 1. The number of aryl methyl sites for hydroxylation is 1. The van der Waals surface area contributed by atoms with Gasteiger partial charge in [-0.2, -0.15) is 0 Å². The fourth-order valence-electron chi connectivity index (χ4n) is 0.484. The molecule has 12 heavy (non-hydrogen) atoms. The Morgan fingerprint density at radius 1 is 1.58 bits per heavy atom. The summed E-state index contributed by atoms with van der Waals surface area (Å²) in [7, 11) is 3.25. The van der Waals surface area contributed by atoms with E-state index < -0.39 is 0 Å². The third kappa shape index (κ3) is 3.50. The molecule has 0 amide bonds. The number of hydrogen-bond donors (Lipinski definition) is 0. The Morgan fingerprint density at radius 3 is 2.25 bits per heavy atom. The second-order valence-corrected chi connectivity index (χ2v) is 2.27. The highest BCUT2D eigenvalue weighted by molar-refractivity contribution is 6.27. The summed E-state index contributed by atoms with van der Waals surface area (Å²) in [6.07, 6.45) is 0.578. The summed E-state index contributed by atoms with van der Waals surface area (Å²) in [5.74, 6) is 0.194. The third-order valence-electron chi connectivity index (χ3n) is 0.913. The van der Waals surface area contributed by atoms with Gasteiger partial charge in [-0.3, -0.25) is 4.79 Å². The fourth-order valence-corrected chi connectivity index (χ4v) is 0.694. The molecular formula is C7H10ClNO3. The Morgan fingerprint density at radius 2 is 2.08 bits per heavy atom. The van der Waals surface area contributed by atoms with E-state index in [0.29, 0.717) is 12.0 Å². The zero-order valence-electron chi connectivity index (χ0n) is 7.13. The van der Waals surface area contributed by atoms with Gasteiger partial charge >= 0.3 is 0 Å². The number of carbonyl (C=O) groups is 1. The summed E-state index contributed by atoms with van der Waals surface area (Å²) < 4.78 is 8.90. The highest BCUT2D eigenvalue weighted by Crippen LogP contribution is 2.11. The van der Waals surface area contributed by atoms with Crippen LogP contribution in [0.3, 0.4) is 0 Å². The molecule has 0 N–H and O–H groups in total. The zero-order chi connectivity index (χ0) is 9.56. The summed E-state index contributed by atoms with van der Waals surface area (Å²) in [4.78, 5) is 13.7. The van der Waals surface area contributed by atoms with Crippen LogP contribution in [-0.2, 0) is 4.74 Å². The maximum Gasteiger partial charge on any atom is 0.292 e. The lowest BCUT2D eigenvalue weighted by Gasteiger charge is -1.75. The van der Waals surface area contributed by atoms with Crippen LogP contribution in [0.2, 0.25) is 5.35 Å². The molecule has 0 aromatic carbocycles. The molecule has 0 bridgehead atoms. The number of carbonyl (C=O) groups excluding carboxylic acids is 1. The second-order valence-electron chi connectivity index (χ2n) is 1.94. The Balaban J connectivity index is 0.000000354. The van der Waals surface area contributed by atoms with Gasteiger partial charge in [-0.25, -0.2) is 4.98 Å². The summed E-state index contributed by atoms with van der Waals surface area (Å²) in [5, 5.41) is 0.00889. The molecule has 0 aliphatic rings. The predicted molar refractivity (Wildman–Crippen MR) is 44.6 cm³/mol. The van der Waals surface area contributed by atoms with Gasteiger partial charge in [0.05, 0.1) is 5.69 Å². The average Bonchev–Trinajstić information content (AvgIpc) is 2.31. The zero-order valence-corrected chi connectivity index (χ0v) is 7.88. The summed E-state index contributed by atoms with van der Waals surface area (Å²) in [6, 6.07) is 0. The molecule has 0 saturated carbocycles. The highest BCUT2D eigenvalue weighted by Gasteiger charge is 2.04. The largest absolute Gasteiger partial charge is 0.424 e. The normalized spacial score (nSPS) is 8.67. The lowest BCUT2D eigenvalue weighted by Crippen LogP contribution is -1.77. The molecule has 0 unspecified atom stereocenters. The molecule has 0 fully saturated rings. The SMILES string of the molecule is COC.Cc1nc(Cl)oc1C=O. The van der Waals surface area contributed by atoms with Crippen LogP contribution in [0, 0.1) is 6.92 Å². The third-order valence-corrected chi connectivity index (χ3v) is 1.08. The van der Waals surface area contributed by atoms with Crippen molar-refractivity contribution in [3.05, 3.63) is 16.8 Å². The minimum absolute atomic E-state index is 0.00889. The van der Waals surface area contributed by atoms with Gasteiger partial charge in [0.15, 0.2) is 12.0 Å². The van der Waals surface area contributed by atoms with E-state index in [2.05, 4.69) is 14.1 Å². The van der Waals surface area contributed by atoms with E-state index in [-0.39, 0.29) is 11.1 Å². The van der Waals surface area contributed by atoms with Crippen molar-refractivity contribution in [1.29, 1.82) is 0 Å². The van der Waals surface area contributed by atoms with Crippen molar-refractivity contribution in [2.45, 2.75) is 6.92 Å². The Hall–Kier alpha value is -0.870. The van der Waals surface area contributed by atoms with Crippen LogP contribution in [0.25, 0.3) is 0 Å². The molecule has 5 heteroatoms. The maximum absolute atomic E-state index is 10.0. The number of halogens is 1. The molecule has 0 spiro atoms. The predicted octanol–water partition coefficient (Wildman–Crippen LogP) is 1.71. The number of rotatable bonds is 1. The minimum Gasteiger partial charge on any atom is -0.424 e. The topological polar surface area (TPSA) is 52.3 Å². The number of aromatic nitrogens is 1. The van der Waals surface area contributed by atoms with Crippen LogP contribution in [0.5, 0.6) is 0 Å². The van der Waals surface area contributed by atoms with Crippen molar-refractivity contribution < 1.29 is 13.9 Å². The summed E-state index contributed by atoms with van der Waals surface area (Å²) in [5.41, 5.74) is 0.523. The van der Waals surface area contributed by atoms with Crippen LogP contribution in [0.4, 0.5) is 0 Å². The Kier molecular flexibility index (Phi) is 5.32. The average molecular weight is 192 g/mol. The van der Waals surface area contributed by atoms with Crippen molar-refractivity contribution in [1.82, 2.24) is 4.98 Å². The van der Waals surface area contributed by atoms with E-state index in [1.54, 1.807) is 21.1 Å². The first kappa shape index (κ1) is 11.1. The lowest BCUT2D eigenvalue weighted by molar-refractivity contribution is 0.110. The fraction of sp³-hybridized carbons (Fsp3) is 0.429. The number of nitrogens with zero attached hydrogens (tertiary/aromatic N) is 1. The molecule has 4 nitrogen and oxygen atoms in total. The Labute approximate surface area is 75.5 Å². The maximum atomic E-state index is 10.0. The second kappa shape index (κ2) is 5.74. The molecule has 1 aromatic heterocycles. The van der Waals surface area contributed by atoms with E-state index >= 15 is 0 Å². The molecule has 0 aliphatic heterocycles. The van der Waals surface area contributed by atoms with Crippen LogP contribution in [-0.4, -0.2) is 25.5 Å². The van der Waals surface area contributed by atoms with Crippen LogP contribution < -0.4 is 0 Å². The molecule has 0 aliphatic carbocycles. The quantitative estimate of drug-likeness (QED) is 0.635. The molecule has 1 aromatic rings. The standard InChI is InChI=1S/C5H4ClNO2.C2H6O/c1-3-4(2-8)9-5(6)7-3;1-3-2/h2H,1H3;1-2H3. The van der Waals surface area contributed by atoms with Crippen LogP contribution in [0.15, 0.2) is 4.42 Å². The van der Waals surface area contributed by atoms with Crippen LogP contribution >= 0.6 is 11.6 Å². The lowest BCUT2D eigenvalue weighted by atomic mass is 10.4. The van der Waals surface area contributed by atoms with Crippen molar-refractivity contribution in [3.63, 3.8) is 0 Å². The molecule has 1 rings (SSSR count). The van der Waals surface area contributed by atoms with E-state index in [9.17, 15) is 4.79 Å². The van der Waals surface area contributed by atoms with Gasteiger partial charge < -0.3 is 9.15 Å². The van der Waals surface area contributed by atoms with Gasteiger partial charge in [-0.05, 0) is 18.5 Å². The first-order valence-corrected chi connectivity index (χ1v) is 3.51. The van der Waals surface area contributed by atoms with E-state index in [1.165, 1.54) is 0 Å².